The van der Waals surface area contributed by atoms with Crippen molar-refractivity contribution in [1.29, 1.82) is 0 Å². The predicted molar refractivity (Wildman–Crippen MR) is 75.6 cm³/mol. The summed E-state index contributed by atoms with van der Waals surface area (Å²) in [5.74, 6) is -0.334. The molecule has 0 aliphatic heterocycles. The maximum absolute atomic E-state index is 10.7. The Morgan fingerprint density at radius 3 is 2.72 bits per heavy atom. The molecule has 0 fully saturated rings. The number of hydrogen-bond acceptors (Lipinski definition) is 4. The number of hydrogen-bond donors (Lipinski definition) is 1. The molecule has 102 valence electrons. The summed E-state index contributed by atoms with van der Waals surface area (Å²) in [4.78, 5) is 17.4. The van der Waals surface area contributed by atoms with Gasteiger partial charge in [0.1, 0.15) is 0 Å². The maximum Gasteiger partial charge on any atom is 0.305 e. The maximum atomic E-state index is 10.7. The Morgan fingerprint density at radius 1 is 1.50 bits per heavy atom. The predicted octanol–water partition coefficient (Wildman–Crippen LogP) is 3.35. The van der Waals surface area contributed by atoms with Crippen LogP contribution in [0.1, 0.15) is 51.6 Å². The summed E-state index contributed by atoms with van der Waals surface area (Å²) >= 11 is 1.61. The number of carboxylic acids is 1. The first-order valence-electron chi connectivity index (χ1n) is 6.46. The SMILES string of the molecule is CCCCN(CCC(=O)O)c1nc(C(C)C)cs1. The van der Waals surface area contributed by atoms with Crippen LogP contribution < -0.4 is 4.90 Å². The summed E-state index contributed by atoms with van der Waals surface area (Å²) in [6.45, 7) is 7.80. The van der Waals surface area contributed by atoms with Gasteiger partial charge < -0.3 is 10.0 Å². The first-order valence-corrected chi connectivity index (χ1v) is 7.34. The highest BCUT2D eigenvalue weighted by Crippen LogP contribution is 2.25. The second-order valence-corrected chi connectivity index (χ2v) is 5.53. The molecule has 0 saturated heterocycles. The van der Waals surface area contributed by atoms with Crippen molar-refractivity contribution in [2.75, 3.05) is 18.0 Å². The number of aromatic nitrogens is 1. The van der Waals surface area contributed by atoms with Crippen LogP contribution in [0.25, 0.3) is 0 Å². The van der Waals surface area contributed by atoms with Crippen molar-refractivity contribution < 1.29 is 9.90 Å². The number of carboxylic acid groups (broad SMARTS) is 1. The Hall–Kier alpha value is -1.10. The van der Waals surface area contributed by atoms with Gasteiger partial charge in [0.2, 0.25) is 0 Å². The molecular weight excluding hydrogens is 248 g/mol. The molecule has 18 heavy (non-hydrogen) atoms. The van der Waals surface area contributed by atoms with Gasteiger partial charge in [-0.1, -0.05) is 27.2 Å². The topological polar surface area (TPSA) is 53.4 Å². The molecule has 0 aliphatic rings. The van der Waals surface area contributed by atoms with E-state index in [-0.39, 0.29) is 6.42 Å². The summed E-state index contributed by atoms with van der Waals surface area (Å²) in [5.41, 5.74) is 1.09. The minimum absolute atomic E-state index is 0.167. The van der Waals surface area contributed by atoms with Gasteiger partial charge in [0.05, 0.1) is 12.1 Å². The molecule has 0 aliphatic carbocycles. The normalized spacial score (nSPS) is 10.9. The molecule has 0 radical (unpaired) electrons. The number of rotatable bonds is 8. The fraction of sp³-hybridized carbons (Fsp3) is 0.692. The van der Waals surface area contributed by atoms with Crippen molar-refractivity contribution in [3.8, 4) is 0 Å². The van der Waals surface area contributed by atoms with Crippen LogP contribution in [0.3, 0.4) is 0 Å². The Kier molecular flexibility index (Phi) is 6.12. The molecule has 1 rings (SSSR count). The molecular formula is C13H22N2O2S. The highest BCUT2D eigenvalue weighted by Gasteiger charge is 2.13. The summed E-state index contributed by atoms with van der Waals surface area (Å²) in [6, 6.07) is 0. The molecule has 0 unspecified atom stereocenters. The van der Waals surface area contributed by atoms with Crippen LogP contribution in [0.4, 0.5) is 5.13 Å². The summed E-state index contributed by atoms with van der Waals surface area (Å²) in [7, 11) is 0. The lowest BCUT2D eigenvalue weighted by atomic mass is 10.2. The second kappa shape index (κ2) is 7.36. The van der Waals surface area contributed by atoms with Crippen molar-refractivity contribution in [2.24, 2.45) is 0 Å². The molecule has 1 aromatic rings. The van der Waals surface area contributed by atoms with E-state index in [1.165, 1.54) is 0 Å². The van der Waals surface area contributed by atoms with Crippen molar-refractivity contribution in [1.82, 2.24) is 4.98 Å². The van der Waals surface area contributed by atoms with Gasteiger partial charge in [-0.3, -0.25) is 4.79 Å². The van der Waals surface area contributed by atoms with E-state index in [4.69, 9.17) is 5.11 Å². The zero-order valence-corrected chi connectivity index (χ0v) is 12.2. The summed E-state index contributed by atoms with van der Waals surface area (Å²) < 4.78 is 0. The number of anilines is 1. The summed E-state index contributed by atoms with van der Waals surface area (Å²) in [5, 5.41) is 11.8. The monoisotopic (exact) mass is 270 g/mol. The molecule has 0 saturated carbocycles. The fourth-order valence-corrected chi connectivity index (χ4v) is 2.61. The third-order valence-corrected chi connectivity index (χ3v) is 3.67. The van der Waals surface area contributed by atoms with Gasteiger partial charge in [-0.15, -0.1) is 11.3 Å². The number of nitrogens with zero attached hydrogens (tertiary/aromatic N) is 2. The second-order valence-electron chi connectivity index (χ2n) is 4.69. The van der Waals surface area contributed by atoms with Crippen LogP contribution in [0, 0.1) is 0 Å². The van der Waals surface area contributed by atoms with Crippen LogP contribution in [0.2, 0.25) is 0 Å². The molecule has 0 aromatic carbocycles. The van der Waals surface area contributed by atoms with E-state index < -0.39 is 5.97 Å². The molecule has 0 amide bonds. The third-order valence-electron chi connectivity index (χ3n) is 2.75. The average Bonchev–Trinajstić information content (AvgIpc) is 2.78. The molecule has 0 bridgehead atoms. The Labute approximate surface area is 113 Å². The van der Waals surface area contributed by atoms with Crippen LogP contribution in [0.15, 0.2) is 5.38 Å². The van der Waals surface area contributed by atoms with Gasteiger partial charge in [0, 0.05) is 18.5 Å². The van der Waals surface area contributed by atoms with Crippen molar-refractivity contribution in [3.63, 3.8) is 0 Å². The first kappa shape index (κ1) is 15.0. The molecule has 5 heteroatoms. The molecule has 0 atom stereocenters. The van der Waals surface area contributed by atoms with E-state index in [1.807, 2.05) is 0 Å². The van der Waals surface area contributed by atoms with Crippen LogP contribution >= 0.6 is 11.3 Å². The first-order chi connectivity index (χ1) is 8.54. The molecule has 1 N–H and O–H groups in total. The van der Waals surface area contributed by atoms with E-state index in [0.717, 1.165) is 30.2 Å². The minimum Gasteiger partial charge on any atom is -0.481 e. The van der Waals surface area contributed by atoms with Gasteiger partial charge >= 0.3 is 5.97 Å². The van der Waals surface area contributed by atoms with Crippen LogP contribution in [-0.2, 0) is 4.79 Å². The number of unbranched alkanes of at least 4 members (excludes halogenated alkanes) is 1. The van der Waals surface area contributed by atoms with E-state index in [9.17, 15) is 4.79 Å². The van der Waals surface area contributed by atoms with Crippen molar-refractivity contribution in [3.05, 3.63) is 11.1 Å². The summed E-state index contributed by atoms with van der Waals surface area (Å²) in [6.07, 6.45) is 2.34. The molecule has 4 nitrogen and oxygen atoms in total. The standard InChI is InChI=1S/C13H22N2O2S/c1-4-5-7-15(8-6-12(16)17)13-14-11(9-18-13)10(2)3/h9-10H,4-8H2,1-3H3,(H,16,17). The lowest BCUT2D eigenvalue weighted by Gasteiger charge is -2.20. The number of carbonyl (C=O) groups is 1. The van der Waals surface area contributed by atoms with Crippen molar-refractivity contribution >= 4 is 22.4 Å². The fourth-order valence-electron chi connectivity index (χ4n) is 1.57. The van der Waals surface area contributed by atoms with E-state index in [0.29, 0.717) is 12.5 Å². The lowest BCUT2D eigenvalue weighted by molar-refractivity contribution is -0.136. The van der Waals surface area contributed by atoms with E-state index in [1.54, 1.807) is 11.3 Å². The van der Waals surface area contributed by atoms with Crippen LogP contribution in [-0.4, -0.2) is 29.1 Å². The zero-order chi connectivity index (χ0) is 13.5. The highest BCUT2D eigenvalue weighted by molar-refractivity contribution is 7.13. The minimum atomic E-state index is -0.753. The molecule has 1 heterocycles. The number of thiazole rings is 1. The smallest absolute Gasteiger partial charge is 0.305 e. The van der Waals surface area contributed by atoms with Gasteiger partial charge in [0.25, 0.3) is 0 Å². The third kappa shape index (κ3) is 4.64. The van der Waals surface area contributed by atoms with Gasteiger partial charge in [-0.05, 0) is 12.3 Å². The lowest BCUT2D eigenvalue weighted by Crippen LogP contribution is -2.27. The Bertz CT molecular complexity index is 377. The Morgan fingerprint density at radius 2 is 2.22 bits per heavy atom. The van der Waals surface area contributed by atoms with Gasteiger partial charge in [-0.2, -0.15) is 0 Å². The van der Waals surface area contributed by atoms with Crippen LogP contribution in [0.5, 0.6) is 0 Å². The van der Waals surface area contributed by atoms with Gasteiger partial charge in [-0.25, -0.2) is 4.98 Å². The largest absolute Gasteiger partial charge is 0.481 e. The average molecular weight is 270 g/mol. The van der Waals surface area contributed by atoms with E-state index >= 15 is 0 Å². The van der Waals surface area contributed by atoms with Crippen molar-refractivity contribution in [2.45, 2.75) is 46.0 Å². The quantitative estimate of drug-likeness (QED) is 0.787. The molecule has 0 spiro atoms. The van der Waals surface area contributed by atoms with Gasteiger partial charge in [0.15, 0.2) is 5.13 Å². The highest BCUT2D eigenvalue weighted by atomic mass is 32.1. The molecule has 1 aromatic heterocycles. The van der Waals surface area contributed by atoms with E-state index in [2.05, 4.69) is 36.0 Å². The zero-order valence-electron chi connectivity index (χ0n) is 11.3. The number of aliphatic carboxylic acids is 1. The Balaban J connectivity index is 2.69.